The number of β-amino-alcohol motifs (C(OH)–C–C–N with tert-alkyl or cyclic N) is 1. The van der Waals surface area contributed by atoms with E-state index in [-0.39, 0.29) is 6.54 Å². The predicted octanol–water partition coefficient (Wildman–Crippen LogP) is 1.34. The van der Waals surface area contributed by atoms with Gasteiger partial charge in [0.05, 0.1) is 13.2 Å². The van der Waals surface area contributed by atoms with Crippen LogP contribution in [-0.4, -0.2) is 79.2 Å². The first-order chi connectivity index (χ1) is 9.78. The molecule has 124 valence electrons. The molecule has 0 aromatic carbocycles. The van der Waals surface area contributed by atoms with Gasteiger partial charge in [0, 0.05) is 32.7 Å². The largest absolute Gasteiger partial charge is 0.418 e. The standard InChI is InChI=1S/C14H25F3N2O2/c1-13(20,14(15,16)17)11-19-4-2-3-12(10-19)9-18-5-7-21-8-6-18/h12,20H,2-11H2,1H3/t12-,13-/m0/s1. The molecule has 2 heterocycles. The Bertz CT molecular complexity index is 331. The highest BCUT2D eigenvalue weighted by molar-refractivity contribution is 4.87. The molecule has 0 aromatic rings. The lowest BCUT2D eigenvalue weighted by Gasteiger charge is -2.39. The molecule has 2 aliphatic heterocycles. The Labute approximate surface area is 123 Å². The second-order valence-electron chi connectivity index (χ2n) is 6.43. The fourth-order valence-electron chi connectivity index (χ4n) is 3.12. The quantitative estimate of drug-likeness (QED) is 0.850. The van der Waals surface area contributed by atoms with Crippen molar-refractivity contribution in [1.82, 2.24) is 9.80 Å². The molecule has 7 heteroatoms. The van der Waals surface area contributed by atoms with Crippen LogP contribution in [0.15, 0.2) is 0 Å². The van der Waals surface area contributed by atoms with Gasteiger partial charge in [0.1, 0.15) is 0 Å². The smallest absolute Gasteiger partial charge is 0.380 e. The van der Waals surface area contributed by atoms with Crippen molar-refractivity contribution in [3.63, 3.8) is 0 Å². The molecule has 0 saturated carbocycles. The highest BCUT2D eigenvalue weighted by Crippen LogP contribution is 2.31. The van der Waals surface area contributed by atoms with Gasteiger partial charge in [-0.1, -0.05) is 0 Å². The summed E-state index contributed by atoms with van der Waals surface area (Å²) in [7, 11) is 0. The zero-order valence-electron chi connectivity index (χ0n) is 12.5. The van der Waals surface area contributed by atoms with Crippen molar-refractivity contribution in [3.05, 3.63) is 0 Å². The number of rotatable bonds is 4. The molecule has 0 unspecified atom stereocenters. The Morgan fingerprint density at radius 1 is 1.14 bits per heavy atom. The summed E-state index contributed by atoms with van der Waals surface area (Å²) in [5, 5.41) is 9.62. The number of likely N-dealkylation sites (tertiary alicyclic amines) is 1. The molecule has 0 aliphatic carbocycles. The Hall–Kier alpha value is -0.370. The lowest BCUT2D eigenvalue weighted by molar-refractivity contribution is -0.258. The number of piperidine rings is 1. The lowest BCUT2D eigenvalue weighted by Crippen LogP contribution is -2.54. The Kier molecular flexibility index (Phi) is 5.51. The van der Waals surface area contributed by atoms with Crippen LogP contribution < -0.4 is 0 Å². The van der Waals surface area contributed by atoms with Gasteiger partial charge in [0.25, 0.3) is 0 Å². The zero-order valence-corrected chi connectivity index (χ0v) is 12.5. The minimum atomic E-state index is -4.58. The van der Waals surface area contributed by atoms with E-state index in [1.54, 1.807) is 4.90 Å². The van der Waals surface area contributed by atoms with Gasteiger partial charge in [0.15, 0.2) is 5.60 Å². The van der Waals surface area contributed by atoms with Gasteiger partial charge in [-0.2, -0.15) is 13.2 Å². The maximum absolute atomic E-state index is 12.8. The van der Waals surface area contributed by atoms with Crippen molar-refractivity contribution in [2.24, 2.45) is 5.92 Å². The number of ether oxygens (including phenoxy) is 1. The van der Waals surface area contributed by atoms with Crippen LogP contribution in [0.2, 0.25) is 0 Å². The number of hydrogen-bond acceptors (Lipinski definition) is 4. The molecular weight excluding hydrogens is 285 g/mol. The van der Waals surface area contributed by atoms with Gasteiger partial charge in [-0.05, 0) is 32.2 Å². The molecule has 0 aromatic heterocycles. The summed E-state index contributed by atoms with van der Waals surface area (Å²) >= 11 is 0. The third-order valence-corrected chi connectivity index (χ3v) is 4.37. The second kappa shape index (κ2) is 6.81. The Morgan fingerprint density at radius 2 is 1.81 bits per heavy atom. The number of morpholine rings is 1. The zero-order chi connectivity index (χ0) is 15.5. The van der Waals surface area contributed by atoms with E-state index in [9.17, 15) is 18.3 Å². The van der Waals surface area contributed by atoms with E-state index in [1.807, 2.05) is 0 Å². The van der Waals surface area contributed by atoms with E-state index in [4.69, 9.17) is 4.74 Å². The van der Waals surface area contributed by atoms with Crippen LogP contribution in [0.1, 0.15) is 19.8 Å². The van der Waals surface area contributed by atoms with E-state index >= 15 is 0 Å². The molecule has 1 N–H and O–H groups in total. The van der Waals surface area contributed by atoms with E-state index < -0.39 is 11.8 Å². The molecule has 0 radical (unpaired) electrons. The number of nitrogens with zero attached hydrogens (tertiary/aromatic N) is 2. The molecule has 21 heavy (non-hydrogen) atoms. The van der Waals surface area contributed by atoms with E-state index in [0.717, 1.165) is 52.6 Å². The first-order valence-corrected chi connectivity index (χ1v) is 7.59. The maximum atomic E-state index is 12.8. The highest BCUT2D eigenvalue weighted by atomic mass is 19.4. The highest BCUT2D eigenvalue weighted by Gasteiger charge is 2.50. The molecule has 0 spiro atoms. The predicted molar refractivity (Wildman–Crippen MR) is 73.1 cm³/mol. The van der Waals surface area contributed by atoms with Crippen LogP contribution >= 0.6 is 0 Å². The molecule has 0 amide bonds. The van der Waals surface area contributed by atoms with Gasteiger partial charge in [-0.3, -0.25) is 9.80 Å². The molecule has 2 aliphatic rings. The van der Waals surface area contributed by atoms with E-state index in [2.05, 4.69) is 4.90 Å². The van der Waals surface area contributed by atoms with Crippen LogP contribution in [0.5, 0.6) is 0 Å². The molecule has 0 bridgehead atoms. The summed E-state index contributed by atoms with van der Waals surface area (Å²) < 4.78 is 43.6. The van der Waals surface area contributed by atoms with Gasteiger partial charge >= 0.3 is 6.18 Å². The van der Waals surface area contributed by atoms with Gasteiger partial charge in [-0.15, -0.1) is 0 Å². The van der Waals surface area contributed by atoms with Crippen molar-refractivity contribution >= 4 is 0 Å². The maximum Gasteiger partial charge on any atom is 0.418 e. The third-order valence-electron chi connectivity index (χ3n) is 4.37. The summed E-state index contributed by atoms with van der Waals surface area (Å²) in [6.07, 6.45) is -2.64. The summed E-state index contributed by atoms with van der Waals surface area (Å²) in [5.41, 5.74) is -2.63. The molecule has 2 rings (SSSR count). The molecule has 2 atom stereocenters. The lowest BCUT2D eigenvalue weighted by atomic mass is 9.95. The van der Waals surface area contributed by atoms with Gasteiger partial charge in [0.2, 0.25) is 0 Å². The minimum absolute atomic E-state index is 0.337. The normalized spacial score (nSPS) is 29.3. The van der Waals surface area contributed by atoms with Crippen molar-refractivity contribution in [3.8, 4) is 0 Å². The fraction of sp³-hybridized carbons (Fsp3) is 1.00. The van der Waals surface area contributed by atoms with Gasteiger partial charge < -0.3 is 9.84 Å². The number of hydrogen-bond donors (Lipinski definition) is 1. The SMILES string of the molecule is C[C@](O)(CN1CCC[C@@H](CN2CCOCC2)C1)C(F)(F)F. The summed E-state index contributed by atoms with van der Waals surface area (Å²) in [6, 6.07) is 0. The summed E-state index contributed by atoms with van der Waals surface area (Å²) in [5.74, 6) is 0.376. The molecule has 4 nitrogen and oxygen atoms in total. The van der Waals surface area contributed by atoms with E-state index in [0.29, 0.717) is 19.0 Å². The van der Waals surface area contributed by atoms with Crippen LogP contribution in [0.25, 0.3) is 0 Å². The third kappa shape index (κ3) is 4.81. The van der Waals surface area contributed by atoms with Crippen LogP contribution in [0.4, 0.5) is 13.2 Å². The molecule has 2 fully saturated rings. The van der Waals surface area contributed by atoms with E-state index in [1.165, 1.54) is 0 Å². The average Bonchev–Trinajstić information content (AvgIpc) is 2.38. The van der Waals surface area contributed by atoms with Crippen molar-refractivity contribution in [2.45, 2.75) is 31.5 Å². The van der Waals surface area contributed by atoms with Crippen molar-refractivity contribution in [2.75, 3.05) is 52.5 Å². The summed E-state index contributed by atoms with van der Waals surface area (Å²) in [4.78, 5) is 4.07. The summed E-state index contributed by atoms with van der Waals surface area (Å²) in [6.45, 7) is 5.96. The second-order valence-corrected chi connectivity index (χ2v) is 6.43. The van der Waals surface area contributed by atoms with Crippen LogP contribution in [-0.2, 0) is 4.74 Å². The molecular formula is C14H25F3N2O2. The first-order valence-electron chi connectivity index (χ1n) is 7.59. The number of halogens is 3. The Morgan fingerprint density at radius 3 is 2.43 bits per heavy atom. The average molecular weight is 310 g/mol. The van der Waals surface area contributed by atoms with Crippen molar-refractivity contribution in [1.29, 1.82) is 0 Å². The van der Waals surface area contributed by atoms with Gasteiger partial charge in [-0.25, -0.2) is 0 Å². The molecule has 2 saturated heterocycles. The van der Waals surface area contributed by atoms with Crippen molar-refractivity contribution < 1.29 is 23.0 Å². The first kappa shape index (κ1) is 17.0. The minimum Gasteiger partial charge on any atom is -0.380 e. The topological polar surface area (TPSA) is 35.9 Å². The monoisotopic (exact) mass is 310 g/mol. The van der Waals surface area contributed by atoms with Crippen LogP contribution in [0.3, 0.4) is 0 Å². The van der Waals surface area contributed by atoms with Crippen LogP contribution in [0, 0.1) is 5.92 Å². The Balaban J connectivity index is 1.83. The number of aliphatic hydroxyl groups is 1. The number of alkyl halides is 3. The fourth-order valence-corrected chi connectivity index (χ4v) is 3.12.